The van der Waals surface area contributed by atoms with Crippen LogP contribution in [0.5, 0.6) is 0 Å². The summed E-state index contributed by atoms with van der Waals surface area (Å²) in [4.78, 5) is 5.49. The highest BCUT2D eigenvalue weighted by molar-refractivity contribution is 6.23. The zero-order valence-corrected chi connectivity index (χ0v) is 27.5. The molecular formula is C44H32N6O. The second-order valence-electron chi connectivity index (χ2n) is 13.3. The van der Waals surface area contributed by atoms with Gasteiger partial charge in [0.05, 0.1) is 16.6 Å². The summed E-state index contributed by atoms with van der Waals surface area (Å²) in [6.45, 7) is 0.775. The number of nitrogens with one attached hydrogen (secondary N) is 3. The van der Waals surface area contributed by atoms with Gasteiger partial charge in [-0.3, -0.25) is 14.5 Å². The third-order valence-corrected chi connectivity index (χ3v) is 10.4. The van der Waals surface area contributed by atoms with Gasteiger partial charge in [-0.1, -0.05) is 121 Å². The first-order valence-corrected chi connectivity index (χ1v) is 17.4. The molecule has 2 aliphatic heterocycles. The van der Waals surface area contributed by atoms with E-state index in [1.165, 1.54) is 21.7 Å². The number of furan rings is 1. The lowest BCUT2D eigenvalue weighted by Crippen LogP contribution is -2.47. The third-order valence-electron chi connectivity index (χ3n) is 10.4. The van der Waals surface area contributed by atoms with Gasteiger partial charge < -0.3 is 15.1 Å². The molecule has 0 aliphatic carbocycles. The van der Waals surface area contributed by atoms with Gasteiger partial charge in [-0.2, -0.15) is 0 Å². The highest BCUT2D eigenvalue weighted by atomic mass is 16.3. The molecule has 51 heavy (non-hydrogen) atoms. The molecule has 2 aliphatic rings. The summed E-state index contributed by atoms with van der Waals surface area (Å²) in [5.41, 5.74) is 9.57. The summed E-state index contributed by atoms with van der Waals surface area (Å²) in [5, 5.41) is 17.2. The van der Waals surface area contributed by atoms with Crippen molar-refractivity contribution in [3.05, 3.63) is 162 Å². The van der Waals surface area contributed by atoms with Crippen molar-refractivity contribution >= 4 is 72.5 Å². The second-order valence-corrected chi connectivity index (χ2v) is 13.3. The quantitative estimate of drug-likeness (QED) is 0.176. The van der Waals surface area contributed by atoms with E-state index in [1.807, 2.05) is 12.1 Å². The average Bonchev–Trinajstić information content (AvgIpc) is 3.86. The van der Waals surface area contributed by atoms with Crippen LogP contribution < -0.4 is 16.0 Å². The molecule has 0 saturated heterocycles. The lowest BCUT2D eigenvalue weighted by Gasteiger charge is -2.33. The van der Waals surface area contributed by atoms with Gasteiger partial charge in [0.2, 0.25) is 5.96 Å². The van der Waals surface area contributed by atoms with Gasteiger partial charge in [-0.25, -0.2) is 4.99 Å². The summed E-state index contributed by atoms with van der Waals surface area (Å²) in [7, 11) is 0. The molecule has 3 aromatic heterocycles. The van der Waals surface area contributed by atoms with Gasteiger partial charge in [0.25, 0.3) is 0 Å². The topological polar surface area (TPSA) is 71.5 Å². The molecule has 5 heterocycles. The lowest BCUT2D eigenvalue weighted by atomic mass is 10.0. The number of aromatic nitrogens is 2. The summed E-state index contributed by atoms with van der Waals surface area (Å²) >= 11 is 0. The van der Waals surface area contributed by atoms with Crippen molar-refractivity contribution in [2.75, 3.05) is 11.9 Å². The van der Waals surface area contributed by atoms with Crippen LogP contribution in [0.3, 0.4) is 0 Å². The van der Waals surface area contributed by atoms with Crippen molar-refractivity contribution < 1.29 is 4.42 Å². The number of aliphatic imine (C=N–C) groups is 1. The van der Waals surface area contributed by atoms with Gasteiger partial charge >= 0.3 is 0 Å². The molecule has 7 nitrogen and oxygen atoms in total. The second kappa shape index (κ2) is 11.0. The average molecular weight is 661 g/mol. The number of anilines is 1. The SMILES string of the molecule is C1=Cc2c(n(-c3ccccc3)c3c2ccc2c4ccccc4n(C4=NC(c5ccccc5)NC(c5cccc6oc7ccccc7c56)N4)c23)NC1. The molecule has 2 atom stereocenters. The Bertz CT molecular complexity index is 2880. The van der Waals surface area contributed by atoms with Crippen LogP contribution in [0, 0.1) is 0 Å². The normalized spacial score (nSPS) is 17.2. The maximum atomic E-state index is 6.35. The molecule has 0 fully saturated rings. The van der Waals surface area contributed by atoms with E-state index in [0.29, 0.717) is 0 Å². The van der Waals surface area contributed by atoms with Crippen molar-refractivity contribution in [1.82, 2.24) is 19.8 Å². The number of nitrogens with zero attached hydrogens (tertiary/aromatic N) is 3. The maximum absolute atomic E-state index is 6.35. The molecule has 0 spiro atoms. The molecule has 6 aromatic carbocycles. The Hall–Kier alpha value is -6.57. The van der Waals surface area contributed by atoms with Gasteiger partial charge in [-0.15, -0.1) is 0 Å². The zero-order valence-electron chi connectivity index (χ0n) is 27.5. The van der Waals surface area contributed by atoms with E-state index < -0.39 is 0 Å². The Kier molecular flexibility index (Phi) is 6.08. The molecule has 0 saturated carbocycles. The van der Waals surface area contributed by atoms with E-state index in [-0.39, 0.29) is 12.3 Å². The Morgan fingerprint density at radius 1 is 0.627 bits per heavy atom. The number of hydrogen-bond donors (Lipinski definition) is 3. The van der Waals surface area contributed by atoms with E-state index in [2.05, 4.69) is 165 Å². The van der Waals surface area contributed by atoms with Crippen LogP contribution in [0.15, 0.2) is 155 Å². The standard InChI is InChI=1S/C44H32N6O/c1-3-13-27(14-4-1)41-46-42(34-19-11-23-37-38(34)33-18-8-10-22-36(33)51-37)48-44(47-41)50-35-21-9-7-17-29(35)30-24-25-31-32-20-12-26-45-43(32)49(39(31)40(30)50)28-15-5-2-6-16-28/h1-25,41-42,45-46H,26H2,(H,47,48). The molecular weight excluding hydrogens is 629 g/mol. The van der Waals surface area contributed by atoms with Crippen LogP contribution in [0.1, 0.15) is 29.0 Å². The first-order chi connectivity index (χ1) is 25.3. The number of para-hydroxylation sites is 3. The Morgan fingerprint density at radius 2 is 1.35 bits per heavy atom. The lowest BCUT2D eigenvalue weighted by molar-refractivity contribution is 0.405. The van der Waals surface area contributed by atoms with Crippen molar-refractivity contribution in [2.24, 2.45) is 4.99 Å². The minimum atomic E-state index is -0.310. The Labute approximate surface area is 293 Å². The van der Waals surface area contributed by atoms with E-state index in [0.717, 1.165) is 73.6 Å². The maximum Gasteiger partial charge on any atom is 0.206 e. The fourth-order valence-corrected chi connectivity index (χ4v) is 8.24. The van der Waals surface area contributed by atoms with Gasteiger partial charge in [0, 0.05) is 50.3 Å². The summed E-state index contributed by atoms with van der Waals surface area (Å²) in [6.07, 6.45) is 3.87. The molecule has 0 bridgehead atoms. The first kappa shape index (κ1) is 28.3. The van der Waals surface area contributed by atoms with Crippen molar-refractivity contribution in [3.8, 4) is 5.69 Å². The fraction of sp³-hybridized carbons (Fsp3) is 0.0682. The van der Waals surface area contributed by atoms with Crippen molar-refractivity contribution in [2.45, 2.75) is 12.3 Å². The minimum absolute atomic E-state index is 0.276. The van der Waals surface area contributed by atoms with E-state index in [9.17, 15) is 0 Å². The number of rotatable bonds is 3. The van der Waals surface area contributed by atoms with Crippen LogP contribution >= 0.6 is 0 Å². The molecule has 7 heteroatoms. The molecule has 9 aromatic rings. The molecule has 244 valence electrons. The monoisotopic (exact) mass is 660 g/mol. The van der Waals surface area contributed by atoms with E-state index >= 15 is 0 Å². The van der Waals surface area contributed by atoms with Gasteiger partial charge in [0.1, 0.15) is 29.3 Å². The predicted octanol–water partition coefficient (Wildman–Crippen LogP) is 9.87. The van der Waals surface area contributed by atoms with Crippen LogP contribution in [0.2, 0.25) is 0 Å². The number of benzene rings is 6. The molecule has 0 radical (unpaired) electrons. The largest absolute Gasteiger partial charge is 0.456 e. The van der Waals surface area contributed by atoms with Gasteiger partial charge in [0.15, 0.2) is 0 Å². The van der Waals surface area contributed by atoms with E-state index in [1.54, 1.807) is 0 Å². The molecule has 3 N–H and O–H groups in total. The number of fused-ring (bicyclic) bond motifs is 10. The highest BCUT2D eigenvalue weighted by Crippen LogP contribution is 2.43. The predicted molar refractivity (Wildman–Crippen MR) is 209 cm³/mol. The smallest absolute Gasteiger partial charge is 0.206 e. The first-order valence-electron chi connectivity index (χ1n) is 17.4. The number of hydrogen-bond acceptors (Lipinski definition) is 5. The van der Waals surface area contributed by atoms with Crippen LogP contribution in [-0.2, 0) is 0 Å². The molecule has 0 amide bonds. The summed E-state index contributed by atoms with van der Waals surface area (Å²) in [6, 6.07) is 49.0. The molecule has 11 rings (SSSR count). The summed E-state index contributed by atoms with van der Waals surface area (Å²) < 4.78 is 11.1. The molecule has 2 unspecified atom stereocenters. The van der Waals surface area contributed by atoms with Gasteiger partial charge in [-0.05, 0) is 35.9 Å². The summed E-state index contributed by atoms with van der Waals surface area (Å²) in [5.74, 6) is 1.88. The van der Waals surface area contributed by atoms with Crippen LogP contribution in [-0.4, -0.2) is 21.6 Å². The zero-order chi connectivity index (χ0) is 33.5. The fourth-order valence-electron chi connectivity index (χ4n) is 8.24. The van der Waals surface area contributed by atoms with E-state index in [4.69, 9.17) is 9.41 Å². The van der Waals surface area contributed by atoms with Crippen LogP contribution in [0.4, 0.5) is 5.82 Å². The minimum Gasteiger partial charge on any atom is -0.456 e. The van der Waals surface area contributed by atoms with Crippen molar-refractivity contribution in [3.63, 3.8) is 0 Å². The van der Waals surface area contributed by atoms with Crippen LogP contribution in [0.25, 0.3) is 66.4 Å². The highest BCUT2D eigenvalue weighted by Gasteiger charge is 2.31. The van der Waals surface area contributed by atoms with Crippen molar-refractivity contribution in [1.29, 1.82) is 0 Å². The third kappa shape index (κ3) is 4.19. The Morgan fingerprint density at radius 3 is 2.24 bits per heavy atom. The Balaban J connectivity index is 1.22.